The van der Waals surface area contributed by atoms with E-state index in [9.17, 15) is 9.18 Å². The van der Waals surface area contributed by atoms with Crippen molar-refractivity contribution in [2.45, 2.75) is 6.92 Å². The SMILES string of the molecule is COc1ccccc1Oc1ccc(NC(=O)c2c(C)nc3ccc(F)cn23)cn1. The summed E-state index contributed by atoms with van der Waals surface area (Å²) in [6.45, 7) is 1.70. The fourth-order valence-corrected chi connectivity index (χ4v) is 2.93. The number of carbonyl (C=O) groups excluding carboxylic acids is 1. The highest BCUT2D eigenvalue weighted by Crippen LogP contribution is 2.30. The fraction of sp³-hybridized carbons (Fsp3) is 0.0952. The first-order valence-electron chi connectivity index (χ1n) is 8.77. The molecule has 1 amide bonds. The van der Waals surface area contributed by atoms with E-state index in [1.54, 1.807) is 38.3 Å². The molecule has 1 aromatic carbocycles. The molecule has 0 aliphatic carbocycles. The van der Waals surface area contributed by atoms with Crippen molar-refractivity contribution in [2.75, 3.05) is 12.4 Å². The van der Waals surface area contributed by atoms with Crippen molar-refractivity contribution in [2.24, 2.45) is 0 Å². The van der Waals surface area contributed by atoms with Crippen LogP contribution in [0.4, 0.5) is 10.1 Å². The third kappa shape index (κ3) is 3.73. The van der Waals surface area contributed by atoms with E-state index in [0.29, 0.717) is 34.4 Å². The number of aromatic nitrogens is 3. The molecule has 7 nitrogen and oxygen atoms in total. The Balaban J connectivity index is 1.53. The smallest absolute Gasteiger partial charge is 0.274 e. The summed E-state index contributed by atoms with van der Waals surface area (Å²) in [5, 5.41) is 2.75. The molecule has 29 heavy (non-hydrogen) atoms. The molecule has 0 saturated carbocycles. The predicted molar refractivity (Wildman–Crippen MR) is 105 cm³/mol. The van der Waals surface area contributed by atoms with Crippen LogP contribution in [0.3, 0.4) is 0 Å². The normalized spacial score (nSPS) is 10.7. The number of benzene rings is 1. The van der Waals surface area contributed by atoms with E-state index in [4.69, 9.17) is 9.47 Å². The number of hydrogen-bond donors (Lipinski definition) is 1. The van der Waals surface area contributed by atoms with Gasteiger partial charge in [0.2, 0.25) is 5.88 Å². The highest BCUT2D eigenvalue weighted by molar-refractivity contribution is 6.04. The first kappa shape index (κ1) is 18.4. The zero-order chi connectivity index (χ0) is 20.4. The molecule has 0 aliphatic rings. The van der Waals surface area contributed by atoms with E-state index in [1.807, 2.05) is 12.1 Å². The molecule has 3 aromatic heterocycles. The van der Waals surface area contributed by atoms with Crippen molar-refractivity contribution < 1.29 is 18.7 Å². The first-order valence-corrected chi connectivity index (χ1v) is 8.77. The maximum Gasteiger partial charge on any atom is 0.274 e. The summed E-state index contributed by atoms with van der Waals surface area (Å²) in [5.74, 6) is 0.592. The molecule has 0 aliphatic heterocycles. The van der Waals surface area contributed by atoms with Gasteiger partial charge in [-0.05, 0) is 37.3 Å². The van der Waals surface area contributed by atoms with Crippen molar-refractivity contribution in [1.29, 1.82) is 0 Å². The van der Waals surface area contributed by atoms with Gasteiger partial charge in [-0.25, -0.2) is 14.4 Å². The number of nitrogens with one attached hydrogen (secondary N) is 1. The summed E-state index contributed by atoms with van der Waals surface area (Å²) < 4.78 is 26.0. The van der Waals surface area contributed by atoms with Gasteiger partial charge in [-0.1, -0.05) is 12.1 Å². The average Bonchev–Trinajstić information content (AvgIpc) is 3.05. The number of imidazole rings is 1. The van der Waals surface area contributed by atoms with E-state index in [1.165, 1.54) is 28.9 Å². The Kier molecular flexibility index (Phi) is 4.82. The van der Waals surface area contributed by atoms with Crippen LogP contribution in [0, 0.1) is 12.7 Å². The highest BCUT2D eigenvalue weighted by atomic mass is 19.1. The molecule has 0 saturated heterocycles. The van der Waals surface area contributed by atoms with Gasteiger partial charge < -0.3 is 14.8 Å². The second kappa shape index (κ2) is 7.59. The van der Waals surface area contributed by atoms with Crippen LogP contribution in [0.2, 0.25) is 0 Å². The van der Waals surface area contributed by atoms with Crippen LogP contribution in [-0.2, 0) is 0 Å². The molecule has 0 radical (unpaired) electrons. The van der Waals surface area contributed by atoms with Crippen molar-refractivity contribution >= 4 is 17.2 Å². The minimum atomic E-state index is -0.455. The summed E-state index contributed by atoms with van der Waals surface area (Å²) in [4.78, 5) is 21.2. The molecule has 4 rings (SSSR count). The Morgan fingerprint density at radius 2 is 1.90 bits per heavy atom. The number of rotatable bonds is 5. The molecule has 0 fully saturated rings. The molecule has 4 aromatic rings. The van der Waals surface area contributed by atoms with Crippen molar-refractivity contribution in [3.05, 3.63) is 78.1 Å². The number of hydrogen-bond acceptors (Lipinski definition) is 5. The first-order chi connectivity index (χ1) is 14.0. The minimum absolute atomic E-state index is 0.258. The monoisotopic (exact) mass is 392 g/mol. The number of anilines is 1. The molecule has 0 spiro atoms. The van der Waals surface area contributed by atoms with Gasteiger partial charge in [0, 0.05) is 12.3 Å². The molecule has 3 heterocycles. The Bertz CT molecular complexity index is 1190. The van der Waals surface area contributed by atoms with E-state index in [0.717, 1.165) is 0 Å². The molecule has 146 valence electrons. The highest BCUT2D eigenvalue weighted by Gasteiger charge is 2.17. The summed E-state index contributed by atoms with van der Waals surface area (Å²) in [7, 11) is 1.56. The van der Waals surface area contributed by atoms with Gasteiger partial charge in [0.15, 0.2) is 11.5 Å². The quantitative estimate of drug-likeness (QED) is 0.550. The van der Waals surface area contributed by atoms with Crippen LogP contribution in [0.5, 0.6) is 17.4 Å². The number of methoxy groups -OCH3 is 1. The lowest BCUT2D eigenvalue weighted by molar-refractivity contribution is 0.102. The Morgan fingerprint density at radius 1 is 1.10 bits per heavy atom. The lowest BCUT2D eigenvalue weighted by Crippen LogP contribution is -2.15. The second-order valence-corrected chi connectivity index (χ2v) is 6.21. The lowest BCUT2D eigenvalue weighted by Gasteiger charge is -2.10. The maximum absolute atomic E-state index is 13.6. The summed E-state index contributed by atoms with van der Waals surface area (Å²) in [6, 6.07) is 13.3. The number of halogens is 1. The molecule has 1 N–H and O–H groups in total. The van der Waals surface area contributed by atoms with Gasteiger partial charge in [-0.2, -0.15) is 0 Å². The van der Waals surface area contributed by atoms with Gasteiger partial charge in [-0.15, -0.1) is 0 Å². The number of carbonyl (C=O) groups is 1. The summed E-state index contributed by atoms with van der Waals surface area (Å²) in [6.07, 6.45) is 2.70. The molecule has 0 unspecified atom stereocenters. The molecule has 0 atom stereocenters. The van der Waals surface area contributed by atoms with Crippen LogP contribution in [-0.4, -0.2) is 27.4 Å². The predicted octanol–water partition coefficient (Wildman–Crippen LogP) is 4.23. The largest absolute Gasteiger partial charge is 0.493 e. The average molecular weight is 392 g/mol. The number of fused-ring (bicyclic) bond motifs is 1. The lowest BCUT2D eigenvalue weighted by atomic mass is 10.3. The van der Waals surface area contributed by atoms with Gasteiger partial charge in [0.05, 0.1) is 24.7 Å². The summed E-state index contributed by atoms with van der Waals surface area (Å²) >= 11 is 0. The van der Waals surface area contributed by atoms with Gasteiger partial charge in [-0.3, -0.25) is 9.20 Å². The minimum Gasteiger partial charge on any atom is -0.493 e. The third-order valence-corrected chi connectivity index (χ3v) is 4.25. The van der Waals surface area contributed by atoms with E-state index >= 15 is 0 Å². The van der Waals surface area contributed by atoms with Crippen LogP contribution in [0.15, 0.2) is 60.9 Å². The molecule has 0 bridgehead atoms. The van der Waals surface area contributed by atoms with Crippen LogP contribution < -0.4 is 14.8 Å². The number of ether oxygens (including phenoxy) is 2. The van der Waals surface area contributed by atoms with Gasteiger partial charge in [0.1, 0.15) is 17.2 Å². The zero-order valence-corrected chi connectivity index (χ0v) is 15.7. The number of pyridine rings is 2. The van der Waals surface area contributed by atoms with Gasteiger partial charge in [0.25, 0.3) is 5.91 Å². The second-order valence-electron chi connectivity index (χ2n) is 6.21. The Labute approximate surface area is 165 Å². The van der Waals surface area contributed by atoms with Gasteiger partial charge >= 0.3 is 0 Å². The summed E-state index contributed by atoms with van der Waals surface area (Å²) in [5.41, 5.74) is 1.71. The topological polar surface area (TPSA) is 77.8 Å². The zero-order valence-electron chi connectivity index (χ0n) is 15.7. The third-order valence-electron chi connectivity index (χ3n) is 4.25. The van der Waals surface area contributed by atoms with E-state index in [-0.39, 0.29) is 5.69 Å². The van der Waals surface area contributed by atoms with E-state index in [2.05, 4.69) is 15.3 Å². The number of para-hydroxylation sites is 2. The Hall–Kier alpha value is -3.94. The molecular weight excluding hydrogens is 375 g/mol. The van der Waals surface area contributed by atoms with E-state index < -0.39 is 11.7 Å². The molecule has 8 heteroatoms. The van der Waals surface area contributed by atoms with Crippen LogP contribution >= 0.6 is 0 Å². The van der Waals surface area contributed by atoms with Crippen molar-refractivity contribution in [3.8, 4) is 17.4 Å². The number of nitrogens with zero attached hydrogens (tertiary/aromatic N) is 3. The van der Waals surface area contributed by atoms with Crippen LogP contribution in [0.1, 0.15) is 16.2 Å². The standard InChI is InChI=1S/C21H17FN4O3/c1-13-20(26-12-14(22)7-9-18(26)24-13)21(27)25-15-8-10-19(23-11-15)29-17-6-4-3-5-16(17)28-2/h3-12H,1-2H3,(H,25,27). The number of aryl methyl sites for hydroxylation is 1. The molecular formula is C21H17FN4O3. The Morgan fingerprint density at radius 3 is 2.62 bits per heavy atom. The van der Waals surface area contributed by atoms with Crippen molar-refractivity contribution in [1.82, 2.24) is 14.4 Å². The fourth-order valence-electron chi connectivity index (χ4n) is 2.93. The van der Waals surface area contributed by atoms with Crippen LogP contribution in [0.25, 0.3) is 5.65 Å². The van der Waals surface area contributed by atoms with Crippen molar-refractivity contribution in [3.63, 3.8) is 0 Å². The number of amides is 1. The maximum atomic E-state index is 13.6.